The zero-order chi connectivity index (χ0) is 9.68. The summed E-state index contributed by atoms with van der Waals surface area (Å²) in [5.41, 5.74) is 0.631. The summed E-state index contributed by atoms with van der Waals surface area (Å²) < 4.78 is 5.11. The molecule has 4 heteroatoms. The number of aromatic hydroxyl groups is 2. The van der Waals surface area contributed by atoms with Gasteiger partial charge >= 0.3 is 0 Å². The fourth-order valence-electron chi connectivity index (χ4n) is 1.01. The molecule has 2 N–H and O–H groups in total. The van der Waals surface area contributed by atoms with E-state index in [0.29, 0.717) is 25.3 Å². The Morgan fingerprint density at radius 3 is 2.77 bits per heavy atom. The minimum Gasteiger partial charge on any atom is -0.508 e. The van der Waals surface area contributed by atoms with Gasteiger partial charge < -0.3 is 14.9 Å². The summed E-state index contributed by atoms with van der Waals surface area (Å²) in [6.45, 7) is 3.12. The van der Waals surface area contributed by atoms with Crippen molar-refractivity contribution >= 4 is 0 Å². The summed E-state index contributed by atoms with van der Waals surface area (Å²) in [6.07, 6.45) is 0.593. The van der Waals surface area contributed by atoms with Crippen molar-refractivity contribution in [1.82, 2.24) is 4.98 Å². The molecule has 0 aliphatic rings. The molecule has 0 bridgehead atoms. The van der Waals surface area contributed by atoms with Crippen LogP contribution in [-0.2, 0) is 11.2 Å². The monoisotopic (exact) mass is 183 g/mol. The van der Waals surface area contributed by atoms with Gasteiger partial charge in [0.25, 0.3) is 0 Å². The SMILES string of the molecule is CCOCCc1cc(O)cc(O)n1. The molecule has 1 aromatic heterocycles. The van der Waals surface area contributed by atoms with Gasteiger partial charge in [0.2, 0.25) is 5.88 Å². The van der Waals surface area contributed by atoms with Crippen molar-refractivity contribution in [2.45, 2.75) is 13.3 Å². The lowest BCUT2D eigenvalue weighted by atomic mass is 10.2. The second kappa shape index (κ2) is 4.67. The molecule has 0 aliphatic carbocycles. The van der Waals surface area contributed by atoms with Crippen LogP contribution in [0.1, 0.15) is 12.6 Å². The second-order valence-electron chi connectivity index (χ2n) is 2.62. The first kappa shape index (κ1) is 9.80. The molecule has 0 radical (unpaired) electrons. The van der Waals surface area contributed by atoms with Gasteiger partial charge in [-0.25, -0.2) is 4.98 Å². The molecule has 0 amide bonds. The minimum absolute atomic E-state index is 0.0269. The van der Waals surface area contributed by atoms with Crippen molar-refractivity contribution in [2.24, 2.45) is 0 Å². The highest BCUT2D eigenvalue weighted by Gasteiger charge is 2.00. The summed E-state index contributed by atoms with van der Waals surface area (Å²) in [5.74, 6) is -0.134. The minimum atomic E-state index is -0.161. The van der Waals surface area contributed by atoms with Crippen LogP contribution in [0.5, 0.6) is 11.6 Å². The van der Waals surface area contributed by atoms with Crippen molar-refractivity contribution in [2.75, 3.05) is 13.2 Å². The Labute approximate surface area is 76.8 Å². The van der Waals surface area contributed by atoms with Gasteiger partial charge in [-0.1, -0.05) is 0 Å². The molecule has 13 heavy (non-hydrogen) atoms. The van der Waals surface area contributed by atoms with E-state index in [1.165, 1.54) is 12.1 Å². The number of ether oxygens (including phenoxy) is 1. The van der Waals surface area contributed by atoms with Crippen LogP contribution < -0.4 is 0 Å². The molecule has 0 spiro atoms. The maximum atomic E-state index is 9.11. The third kappa shape index (κ3) is 3.29. The van der Waals surface area contributed by atoms with E-state index in [0.717, 1.165) is 0 Å². The van der Waals surface area contributed by atoms with Crippen molar-refractivity contribution in [3.8, 4) is 11.6 Å². The molecule has 0 aromatic carbocycles. The zero-order valence-corrected chi connectivity index (χ0v) is 7.53. The summed E-state index contributed by atoms with van der Waals surface area (Å²) in [7, 11) is 0. The molecule has 0 aliphatic heterocycles. The van der Waals surface area contributed by atoms with E-state index in [1.54, 1.807) is 0 Å². The lowest BCUT2D eigenvalue weighted by Crippen LogP contribution is -1.99. The Hall–Kier alpha value is -1.29. The fraction of sp³-hybridized carbons (Fsp3) is 0.444. The molecule has 0 fully saturated rings. The van der Waals surface area contributed by atoms with Crippen LogP contribution in [0, 0.1) is 0 Å². The van der Waals surface area contributed by atoms with Crippen molar-refractivity contribution in [3.63, 3.8) is 0 Å². The predicted molar refractivity (Wildman–Crippen MR) is 47.8 cm³/mol. The molecular formula is C9H13NO3. The number of aromatic nitrogens is 1. The van der Waals surface area contributed by atoms with Gasteiger partial charge in [-0.05, 0) is 6.92 Å². The van der Waals surface area contributed by atoms with E-state index in [9.17, 15) is 0 Å². The predicted octanol–water partition coefficient (Wildman–Crippen LogP) is 1.07. The summed E-state index contributed by atoms with van der Waals surface area (Å²) in [5, 5.41) is 18.1. The third-order valence-electron chi connectivity index (χ3n) is 1.56. The van der Waals surface area contributed by atoms with E-state index in [2.05, 4.69) is 4.98 Å². The van der Waals surface area contributed by atoms with Gasteiger partial charge in [-0.2, -0.15) is 0 Å². The molecule has 72 valence electrons. The largest absolute Gasteiger partial charge is 0.508 e. The Morgan fingerprint density at radius 2 is 2.15 bits per heavy atom. The second-order valence-corrected chi connectivity index (χ2v) is 2.62. The topological polar surface area (TPSA) is 62.6 Å². The zero-order valence-electron chi connectivity index (χ0n) is 7.53. The maximum Gasteiger partial charge on any atom is 0.214 e. The molecule has 0 unspecified atom stereocenters. The average molecular weight is 183 g/mol. The molecule has 0 saturated heterocycles. The highest BCUT2D eigenvalue weighted by atomic mass is 16.5. The summed E-state index contributed by atoms with van der Waals surface area (Å²) in [4.78, 5) is 3.82. The van der Waals surface area contributed by atoms with E-state index >= 15 is 0 Å². The Bertz CT molecular complexity index is 255. The van der Waals surface area contributed by atoms with Crippen LogP contribution in [0.2, 0.25) is 0 Å². The molecule has 1 rings (SSSR count). The van der Waals surface area contributed by atoms with E-state index in [1.807, 2.05) is 6.92 Å². The first-order valence-electron chi connectivity index (χ1n) is 4.19. The fourth-order valence-corrected chi connectivity index (χ4v) is 1.01. The van der Waals surface area contributed by atoms with Gasteiger partial charge in [0.15, 0.2) is 0 Å². The summed E-state index contributed by atoms with van der Waals surface area (Å²) >= 11 is 0. The lowest BCUT2D eigenvalue weighted by molar-refractivity contribution is 0.150. The lowest BCUT2D eigenvalue weighted by Gasteiger charge is -2.02. The van der Waals surface area contributed by atoms with Gasteiger partial charge in [0.1, 0.15) is 5.75 Å². The highest BCUT2D eigenvalue weighted by Crippen LogP contribution is 2.16. The van der Waals surface area contributed by atoms with Gasteiger partial charge in [-0.15, -0.1) is 0 Å². The van der Waals surface area contributed by atoms with Crippen LogP contribution in [0.4, 0.5) is 0 Å². The average Bonchev–Trinajstić information content (AvgIpc) is 2.03. The standard InChI is InChI=1S/C9H13NO3/c1-2-13-4-3-7-5-8(11)6-9(12)10-7/h5-6H,2-4H2,1H3,(H2,10,11,12). The molecule has 1 heterocycles. The molecule has 4 nitrogen and oxygen atoms in total. The Morgan fingerprint density at radius 1 is 1.38 bits per heavy atom. The quantitative estimate of drug-likeness (QED) is 0.685. The van der Waals surface area contributed by atoms with Crippen LogP contribution in [0.15, 0.2) is 12.1 Å². The van der Waals surface area contributed by atoms with E-state index < -0.39 is 0 Å². The normalized spacial score (nSPS) is 10.2. The van der Waals surface area contributed by atoms with E-state index in [-0.39, 0.29) is 11.6 Å². The number of hydrogen-bond donors (Lipinski definition) is 2. The first-order valence-corrected chi connectivity index (χ1v) is 4.19. The Balaban J connectivity index is 2.56. The molecular weight excluding hydrogens is 170 g/mol. The maximum absolute atomic E-state index is 9.11. The number of pyridine rings is 1. The van der Waals surface area contributed by atoms with Gasteiger partial charge in [0, 0.05) is 25.2 Å². The molecule has 0 saturated carbocycles. The van der Waals surface area contributed by atoms with Crippen molar-refractivity contribution < 1.29 is 14.9 Å². The number of nitrogens with zero attached hydrogens (tertiary/aromatic N) is 1. The summed E-state index contributed by atoms with van der Waals surface area (Å²) in [6, 6.07) is 2.71. The number of rotatable bonds is 4. The van der Waals surface area contributed by atoms with Gasteiger partial charge in [-0.3, -0.25) is 0 Å². The van der Waals surface area contributed by atoms with Gasteiger partial charge in [0.05, 0.1) is 12.3 Å². The Kier molecular flexibility index (Phi) is 3.52. The molecule has 1 aromatic rings. The number of hydrogen-bond acceptors (Lipinski definition) is 4. The smallest absolute Gasteiger partial charge is 0.214 e. The van der Waals surface area contributed by atoms with Crippen LogP contribution in [0.25, 0.3) is 0 Å². The van der Waals surface area contributed by atoms with Crippen molar-refractivity contribution in [1.29, 1.82) is 0 Å². The van der Waals surface area contributed by atoms with Crippen LogP contribution in [-0.4, -0.2) is 28.4 Å². The van der Waals surface area contributed by atoms with Crippen LogP contribution >= 0.6 is 0 Å². The highest BCUT2D eigenvalue weighted by molar-refractivity contribution is 5.28. The van der Waals surface area contributed by atoms with E-state index in [4.69, 9.17) is 14.9 Å². The first-order chi connectivity index (χ1) is 6.22. The van der Waals surface area contributed by atoms with Crippen LogP contribution in [0.3, 0.4) is 0 Å². The molecule has 0 atom stereocenters. The van der Waals surface area contributed by atoms with Crippen molar-refractivity contribution in [3.05, 3.63) is 17.8 Å². The third-order valence-corrected chi connectivity index (χ3v) is 1.56.